The van der Waals surface area contributed by atoms with Crippen LogP contribution in [0.4, 0.5) is 13.2 Å². The Kier molecular flexibility index (Phi) is 3.08. The van der Waals surface area contributed by atoms with Gasteiger partial charge in [0.1, 0.15) is 5.52 Å². The van der Waals surface area contributed by atoms with E-state index in [1.807, 2.05) is 0 Å². The molecular weight excluding hydrogens is 269 g/mol. The van der Waals surface area contributed by atoms with Crippen molar-refractivity contribution >= 4 is 16.8 Å². The molecule has 0 aliphatic carbocycles. The summed E-state index contributed by atoms with van der Waals surface area (Å²) >= 11 is 0. The number of aromatic nitrogens is 1. The summed E-state index contributed by atoms with van der Waals surface area (Å²) in [4.78, 5) is 17.6. The second-order valence-electron chi connectivity index (χ2n) is 4.78. The fourth-order valence-electron chi connectivity index (χ4n) is 2.40. The third-order valence-electron chi connectivity index (χ3n) is 3.45. The molecule has 1 amide bonds. The Morgan fingerprint density at radius 3 is 2.50 bits per heavy atom. The van der Waals surface area contributed by atoms with E-state index in [0.717, 1.165) is 18.9 Å². The number of nitrogens with zero attached hydrogens (tertiary/aromatic N) is 2. The number of hydrogen-bond acceptors (Lipinski definition) is 2. The SMILES string of the molecule is O=C(c1cnc2c(F)c(F)c(F)cc2c1)N1CCCC1. The third kappa shape index (κ3) is 2.01. The van der Waals surface area contributed by atoms with Gasteiger partial charge in [0.15, 0.2) is 17.5 Å². The lowest BCUT2D eigenvalue weighted by atomic mass is 10.1. The van der Waals surface area contributed by atoms with Crippen molar-refractivity contribution in [3.63, 3.8) is 0 Å². The van der Waals surface area contributed by atoms with Crippen LogP contribution in [0.3, 0.4) is 0 Å². The summed E-state index contributed by atoms with van der Waals surface area (Å²) in [5.41, 5.74) is -0.0216. The molecule has 3 rings (SSSR count). The van der Waals surface area contributed by atoms with Gasteiger partial charge in [0.2, 0.25) is 0 Å². The molecule has 1 aliphatic heterocycles. The first-order chi connectivity index (χ1) is 9.58. The predicted octanol–water partition coefficient (Wildman–Crippen LogP) is 2.89. The molecule has 1 aromatic heterocycles. The molecule has 104 valence electrons. The highest BCUT2D eigenvalue weighted by molar-refractivity contribution is 5.97. The number of benzene rings is 1. The maximum absolute atomic E-state index is 13.5. The zero-order valence-corrected chi connectivity index (χ0v) is 10.5. The highest BCUT2D eigenvalue weighted by atomic mass is 19.2. The summed E-state index contributed by atoms with van der Waals surface area (Å²) in [5.74, 6) is -4.39. The molecule has 0 N–H and O–H groups in total. The molecule has 2 heterocycles. The molecular formula is C14H11F3N2O. The van der Waals surface area contributed by atoms with Gasteiger partial charge in [-0.2, -0.15) is 0 Å². The zero-order valence-electron chi connectivity index (χ0n) is 10.5. The smallest absolute Gasteiger partial charge is 0.255 e. The van der Waals surface area contributed by atoms with Gasteiger partial charge >= 0.3 is 0 Å². The van der Waals surface area contributed by atoms with E-state index in [1.165, 1.54) is 12.3 Å². The highest BCUT2D eigenvalue weighted by Crippen LogP contribution is 2.23. The minimum Gasteiger partial charge on any atom is -0.339 e. The molecule has 1 saturated heterocycles. The molecule has 0 saturated carbocycles. The first-order valence-electron chi connectivity index (χ1n) is 6.30. The van der Waals surface area contributed by atoms with E-state index in [2.05, 4.69) is 4.98 Å². The molecule has 1 fully saturated rings. The van der Waals surface area contributed by atoms with Crippen molar-refractivity contribution in [2.24, 2.45) is 0 Å². The van der Waals surface area contributed by atoms with E-state index in [9.17, 15) is 18.0 Å². The summed E-state index contributed by atoms with van der Waals surface area (Å²) in [5, 5.41) is 0.0754. The second-order valence-corrected chi connectivity index (χ2v) is 4.78. The van der Waals surface area contributed by atoms with E-state index in [1.54, 1.807) is 4.90 Å². The van der Waals surface area contributed by atoms with Crippen molar-refractivity contribution in [2.45, 2.75) is 12.8 Å². The molecule has 1 aliphatic rings. The molecule has 0 radical (unpaired) electrons. The molecule has 1 aromatic carbocycles. The molecule has 20 heavy (non-hydrogen) atoms. The maximum atomic E-state index is 13.5. The number of likely N-dealkylation sites (tertiary alicyclic amines) is 1. The number of fused-ring (bicyclic) bond motifs is 1. The fraction of sp³-hybridized carbons (Fsp3) is 0.286. The Hall–Kier alpha value is -2.11. The zero-order chi connectivity index (χ0) is 14.3. The Bertz CT molecular complexity index is 696. The summed E-state index contributed by atoms with van der Waals surface area (Å²) in [6.07, 6.45) is 3.09. The topological polar surface area (TPSA) is 33.2 Å². The number of pyridine rings is 1. The average molecular weight is 280 g/mol. The number of carbonyl (C=O) groups is 1. The minimum absolute atomic E-state index is 0.0754. The van der Waals surface area contributed by atoms with Crippen LogP contribution in [0.5, 0.6) is 0 Å². The van der Waals surface area contributed by atoms with Gasteiger partial charge in [-0.25, -0.2) is 13.2 Å². The van der Waals surface area contributed by atoms with Crippen LogP contribution in [0.1, 0.15) is 23.2 Å². The Balaban J connectivity index is 2.06. The van der Waals surface area contributed by atoms with E-state index < -0.39 is 17.5 Å². The van der Waals surface area contributed by atoms with Gasteiger partial charge in [0.25, 0.3) is 5.91 Å². The number of hydrogen-bond donors (Lipinski definition) is 0. The Labute approximate surface area is 113 Å². The first-order valence-corrected chi connectivity index (χ1v) is 6.30. The molecule has 3 nitrogen and oxygen atoms in total. The summed E-state index contributed by atoms with van der Waals surface area (Å²) in [6.45, 7) is 1.34. The predicted molar refractivity (Wildman–Crippen MR) is 66.8 cm³/mol. The molecule has 6 heteroatoms. The minimum atomic E-state index is -1.55. The van der Waals surface area contributed by atoms with Crippen LogP contribution in [0, 0.1) is 17.5 Å². The number of carbonyl (C=O) groups excluding carboxylic acids is 1. The third-order valence-corrected chi connectivity index (χ3v) is 3.45. The van der Waals surface area contributed by atoms with Crippen LogP contribution in [-0.2, 0) is 0 Å². The summed E-state index contributed by atoms with van der Waals surface area (Å²) < 4.78 is 39.8. The normalized spacial score (nSPS) is 15.1. The second kappa shape index (κ2) is 4.77. The number of rotatable bonds is 1. The van der Waals surface area contributed by atoms with Crippen LogP contribution in [0.25, 0.3) is 10.9 Å². The van der Waals surface area contributed by atoms with Crippen LogP contribution in [-0.4, -0.2) is 28.9 Å². The standard InChI is InChI=1S/C14H11F3N2O/c15-10-6-8-5-9(14(20)19-3-1-2-4-19)7-18-13(8)12(17)11(10)16/h5-7H,1-4H2. The van der Waals surface area contributed by atoms with Gasteiger partial charge in [0, 0.05) is 24.7 Å². The van der Waals surface area contributed by atoms with Gasteiger partial charge in [-0.3, -0.25) is 9.78 Å². The van der Waals surface area contributed by atoms with Crippen molar-refractivity contribution in [1.29, 1.82) is 0 Å². The quantitative estimate of drug-likeness (QED) is 0.752. The van der Waals surface area contributed by atoms with Gasteiger partial charge in [0.05, 0.1) is 5.56 Å². The Morgan fingerprint density at radius 1 is 1.10 bits per heavy atom. The lowest BCUT2D eigenvalue weighted by Crippen LogP contribution is -2.27. The van der Waals surface area contributed by atoms with E-state index in [-0.39, 0.29) is 22.4 Å². The van der Waals surface area contributed by atoms with Crippen LogP contribution < -0.4 is 0 Å². The van der Waals surface area contributed by atoms with Crippen molar-refractivity contribution in [1.82, 2.24) is 9.88 Å². The molecule has 2 aromatic rings. The Morgan fingerprint density at radius 2 is 1.80 bits per heavy atom. The highest BCUT2D eigenvalue weighted by Gasteiger charge is 2.21. The lowest BCUT2D eigenvalue weighted by Gasteiger charge is -2.15. The van der Waals surface area contributed by atoms with Crippen molar-refractivity contribution in [2.75, 3.05) is 13.1 Å². The summed E-state index contributed by atoms with van der Waals surface area (Å²) in [6, 6.07) is 2.19. The van der Waals surface area contributed by atoms with Crippen LogP contribution in [0.2, 0.25) is 0 Å². The molecule has 0 atom stereocenters. The first kappa shape index (κ1) is 12.9. The molecule has 0 bridgehead atoms. The largest absolute Gasteiger partial charge is 0.339 e. The fourth-order valence-corrected chi connectivity index (χ4v) is 2.40. The van der Waals surface area contributed by atoms with Gasteiger partial charge in [-0.1, -0.05) is 0 Å². The van der Waals surface area contributed by atoms with E-state index in [0.29, 0.717) is 13.1 Å². The monoisotopic (exact) mass is 280 g/mol. The molecule has 0 unspecified atom stereocenters. The van der Waals surface area contributed by atoms with E-state index in [4.69, 9.17) is 0 Å². The van der Waals surface area contributed by atoms with Crippen LogP contribution in [0.15, 0.2) is 18.3 Å². The average Bonchev–Trinajstić information content (AvgIpc) is 2.97. The number of halogens is 3. The van der Waals surface area contributed by atoms with Crippen molar-refractivity contribution in [3.8, 4) is 0 Å². The molecule has 0 spiro atoms. The van der Waals surface area contributed by atoms with Crippen LogP contribution >= 0.6 is 0 Å². The number of amides is 1. The van der Waals surface area contributed by atoms with Gasteiger partial charge in [-0.05, 0) is 25.0 Å². The summed E-state index contributed by atoms with van der Waals surface area (Å²) in [7, 11) is 0. The van der Waals surface area contributed by atoms with Crippen molar-refractivity contribution in [3.05, 3.63) is 41.3 Å². The maximum Gasteiger partial charge on any atom is 0.255 e. The van der Waals surface area contributed by atoms with Crippen molar-refractivity contribution < 1.29 is 18.0 Å². The van der Waals surface area contributed by atoms with Gasteiger partial charge in [-0.15, -0.1) is 0 Å². The lowest BCUT2D eigenvalue weighted by molar-refractivity contribution is 0.0792. The van der Waals surface area contributed by atoms with E-state index >= 15 is 0 Å². The van der Waals surface area contributed by atoms with Gasteiger partial charge < -0.3 is 4.90 Å².